The highest BCUT2D eigenvalue weighted by atomic mass is 16.5. The van der Waals surface area contributed by atoms with Crippen molar-refractivity contribution in [3.8, 4) is 0 Å². The van der Waals surface area contributed by atoms with Crippen LogP contribution in [0.3, 0.4) is 0 Å². The van der Waals surface area contributed by atoms with E-state index in [9.17, 15) is 4.79 Å². The smallest absolute Gasteiger partial charge is 0.253 e. The van der Waals surface area contributed by atoms with Gasteiger partial charge in [0.15, 0.2) is 5.60 Å². The maximum Gasteiger partial charge on any atom is 0.253 e. The molecule has 1 amide bonds. The van der Waals surface area contributed by atoms with Crippen molar-refractivity contribution < 1.29 is 9.53 Å². The third-order valence-electron chi connectivity index (χ3n) is 3.33. The number of hydrogen-bond donors (Lipinski definition) is 2. The molecule has 0 aromatic carbocycles. The first kappa shape index (κ1) is 10.9. The number of ether oxygens (including phenoxy) is 1. The van der Waals surface area contributed by atoms with Crippen molar-refractivity contribution in [2.24, 2.45) is 0 Å². The third kappa shape index (κ3) is 2.49. The quantitative estimate of drug-likeness (QED) is 0.697. The van der Waals surface area contributed by atoms with Crippen molar-refractivity contribution in [2.45, 2.75) is 44.2 Å². The van der Waals surface area contributed by atoms with Crippen LogP contribution in [0.25, 0.3) is 0 Å². The summed E-state index contributed by atoms with van der Waals surface area (Å²) >= 11 is 0. The molecule has 2 rings (SSSR count). The van der Waals surface area contributed by atoms with Gasteiger partial charge < -0.3 is 15.4 Å². The Morgan fingerprint density at radius 2 is 2.20 bits per heavy atom. The predicted molar refractivity (Wildman–Crippen MR) is 57.6 cm³/mol. The van der Waals surface area contributed by atoms with Crippen molar-refractivity contribution in [1.82, 2.24) is 10.6 Å². The van der Waals surface area contributed by atoms with Crippen LogP contribution < -0.4 is 10.6 Å². The molecule has 0 aromatic heterocycles. The lowest BCUT2D eigenvalue weighted by atomic mass is 10.0. The van der Waals surface area contributed by atoms with Gasteiger partial charge in [-0.1, -0.05) is 12.8 Å². The summed E-state index contributed by atoms with van der Waals surface area (Å²) in [5, 5.41) is 6.28. The topological polar surface area (TPSA) is 50.4 Å². The first-order valence-electron chi connectivity index (χ1n) is 5.86. The van der Waals surface area contributed by atoms with Crippen LogP contribution in [0.4, 0.5) is 0 Å². The van der Waals surface area contributed by atoms with Gasteiger partial charge in [0.1, 0.15) is 0 Å². The SMILES string of the molecule is C[C@]1(C(=O)NC2CCCC2)CNCCO1. The van der Waals surface area contributed by atoms with Crippen LogP contribution in [-0.4, -0.2) is 37.2 Å². The summed E-state index contributed by atoms with van der Waals surface area (Å²) in [5.74, 6) is 0.0431. The molecule has 1 aliphatic heterocycles. The zero-order chi connectivity index (χ0) is 10.7. The molecule has 0 bridgehead atoms. The van der Waals surface area contributed by atoms with Gasteiger partial charge in [-0.05, 0) is 19.8 Å². The standard InChI is InChI=1S/C11H20N2O2/c1-11(8-12-6-7-15-11)10(14)13-9-4-2-3-5-9/h9,12H,2-8H2,1H3,(H,13,14)/t11-/m1/s1. The molecule has 86 valence electrons. The van der Waals surface area contributed by atoms with E-state index in [4.69, 9.17) is 4.74 Å². The molecule has 15 heavy (non-hydrogen) atoms. The minimum atomic E-state index is -0.666. The van der Waals surface area contributed by atoms with Gasteiger partial charge in [0, 0.05) is 19.1 Å². The minimum absolute atomic E-state index is 0.0431. The molecule has 1 saturated carbocycles. The summed E-state index contributed by atoms with van der Waals surface area (Å²) < 4.78 is 5.56. The van der Waals surface area contributed by atoms with Crippen LogP contribution in [0.1, 0.15) is 32.6 Å². The van der Waals surface area contributed by atoms with Gasteiger partial charge in [0.25, 0.3) is 5.91 Å². The summed E-state index contributed by atoms with van der Waals surface area (Å²) in [6.07, 6.45) is 4.71. The Kier molecular flexibility index (Phi) is 3.26. The molecule has 1 saturated heterocycles. The van der Waals surface area contributed by atoms with Gasteiger partial charge in [-0.25, -0.2) is 0 Å². The molecule has 1 heterocycles. The number of carbonyl (C=O) groups excluding carboxylic acids is 1. The van der Waals surface area contributed by atoms with Gasteiger partial charge in [0.2, 0.25) is 0 Å². The molecule has 0 radical (unpaired) electrons. The third-order valence-corrected chi connectivity index (χ3v) is 3.33. The maximum atomic E-state index is 12.0. The molecule has 0 aromatic rings. The van der Waals surface area contributed by atoms with Crippen molar-refractivity contribution in [3.63, 3.8) is 0 Å². The fourth-order valence-electron chi connectivity index (χ4n) is 2.28. The van der Waals surface area contributed by atoms with Gasteiger partial charge in [-0.2, -0.15) is 0 Å². The van der Waals surface area contributed by atoms with E-state index in [1.54, 1.807) is 0 Å². The van der Waals surface area contributed by atoms with Gasteiger partial charge in [0.05, 0.1) is 6.61 Å². The Labute approximate surface area is 90.8 Å². The molecule has 2 fully saturated rings. The van der Waals surface area contributed by atoms with Gasteiger partial charge >= 0.3 is 0 Å². The molecule has 0 unspecified atom stereocenters. The van der Waals surface area contributed by atoms with Gasteiger partial charge in [-0.15, -0.1) is 0 Å². The number of carbonyl (C=O) groups is 1. The van der Waals surface area contributed by atoms with E-state index < -0.39 is 5.60 Å². The normalized spacial score (nSPS) is 32.9. The van der Waals surface area contributed by atoms with E-state index in [1.165, 1.54) is 12.8 Å². The monoisotopic (exact) mass is 212 g/mol. The second-order valence-corrected chi connectivity index (χ2v) is 4.71. The average Bonchev–Trinajstić information content (AvgIpc) is 2.71. The van der Waals surface area contributed by atoms with Crippen molar-refractivity contribution >= 4 is 5.91 Å². The van der Waals surface area contributed by atoms with Crippen molar-refractivity contribution in [1.29, 1.82) is 0 Å². The molecule has 1 aliphatic carbocycles. The molecule has 2 aliphatic rings. The fourth-order valence-corrected chi connectivity index (χ4v) is 2.28. The van der Waals surface area contributed by atoms with E-state index >= 15 is 0 Å². The number of morpholine rings is 1. The van der Waals surface area contributed by atoms with Crippen LogP contribution in [0.15, 0.2) is 0 Å². The highest BCUT2D eigenvalue weighted by molar-refractivity contribution is 5.85. The average molecular weight is 212 g/mol. The van der Waals surface area contributed by atoms with E-state index in [-0.39, 0.29) is 5.91 Å². The lowest BCUT2D eigenvalue weighted by Gasteiger charge is -2.33. The molecule has 0 spiro atoms. The molecule has 4 heteroatoms. The van der Waals surface area contributed by atoms with Crippen LogP contribution >= 0.6 is 0 Å². The minimum Gasteiger partial charge on any atom is -0.363 e. The Bertz CT molecular complexity index is 231. The van der Waals surface area contributed by atoms with Gasteiger partial charge in [-0.3, -0.25) is 4.79 Å². The molecular formula is C11H20N2O2. The lowest BCUT2D eigenvalue weighted by molar-refractivity contribution is -0.148. The zero-order valence-electron chi connectivity index (χ0n) is 9.34. The van der Waals surface area contributed by atoms with E-state index in [0.717, 1.165) is 19.4 Å². The van der Waals surface area contributed by atoms with Crippen LogP contribution in [0, 0.1) is 0 Å². The summed E-state index contributed by atoms with van der Waals surface area (Å²) in [6, 6.07) is 0.375. The summed E-state index contributed by atoms with van der Waals surface area (Å²) in [5.41, 5.74) is -0.666. The predicted octanol–water partition coefficient (Wildman–Crippen LogP) is 0.424. The molecule has 4 nitrogen and oxygen atoms in total. The largest absolute Gasteiger partial charge is 0.363 e. The zero-order valence-corrected chi connectivity index (χ0v) is 9.34. The highest BCUT2D eigenvalue weighted by Crippen LogP contribution is 2.20. The van der Waals surface area contributed by atoms with Crippen LogP contribution in [0.5, 0.6) is 0 Å². The maximum absolute atomic E-state index is 12.0. The number of rotatable bonds is 2. The second-order valence-electron chi connectivity index (χ2n) is 4.71. The Morgan fingerprint density at radius 1 is 1.47 bits per heavy atom. The summed E-state index contributed by atoms with van der Waals surface area (Å²) in [6.45, 7) is 3.94. The second kappa shape index (κ2) is 4.49. The summed E-state index contributed by atoms with van der Waals surface area (Å²) in [7, 11) is 0. The first-order valence-corrected chi connectivity index (χ1v) is 5.86. The number of hydrogen-bond acceptors (Lipinski definition) is 3. The Balaban J connectivity index is 1.87. The first-order chi connectivity index (χ1) is 7.21. The molecular weight excluding hydrogens is 192 g/mol. The van der Waals surface area contributed by atoms with Crippen molar-refractivity contribution in [2.75, 3.05) is 19.7 Å². The Morgan fingerprint density at radius 3 is 2.80 bits per heavy atom. The highest BCUT2D eigenvalue weighted by Gasteiger charge is 2.37. The van der Waals surface area contributed by atoms with E-state index in [2.05, 4.69) is 10.6 Å². The lowest BCUT2D eigenvalue weighted by Crippen LogP contribution is -2.58. The van der Waals surface area contributed by atoms with E-state index in [1.807, 2.05) is 6.92 Å². The number of nitrogens with one attached hydrogen (secondary N) is 2. The van der Waals surface area contributed by atoms with Crippen LogP contribution in [-0.2, 0) is 9.53 Å². The van der Waals surface area contributed by atoms with Crippen molar-refractivity contribution in [3.05, 3.63) is 0 Å². The van der Waals surface area contributed by atoms with E-state index in [0.29, 0.717) is 19.2 Å². The fraction of sp³-hybridized carbons (Fsp3) is 0.909. The van der Waals surface area contributed by atoms with Crippen LogP contribution in [0.2, 0.25) is 0 Å². The molecule has 2 N–H and O–H groups in total. The Hall–Kier alpha value is -0.610. The number of amides is 1. The summed E-state index contributed by atoms with van der Waals surface area (Å²) in [4.78, 5) is 12.0. The molecule has 1 atom stereocenters.